The predicted octanol–water partition coefficient (Wildman–Crippen LogP) is 4.14. The Morgan fingerprint density at radius 2 is 1.96 bits per heavy atom. The van der Waals surface area contributed by atoms with E-state index in [0.29, 0.717) is 24.3 Å². The number of hydrazine groups is 1. The van der Waals surface area contributed by atoms with Crippen molar-refractivity contribution < 1.29 is 18.7 Å². The lowest BCUT2D eigenvalue weighted by Crippen LogP contribution is -2.46. The number of rotatable bonds is 5. The molecule has 0 aromatic heterocycles. The van der Waals surface area contributed by atoms with E-state index in [2.05, 4.69) is 10.9 Å². The Kier molecular flexibility index (Phi) is 7.76. The molecule has 2 amide bonds. The lowest BCUT2D eigenvalue weighted by atomic mass is 9.93. The van der Waals surface area contributed by atoms with Crippen molar-refractivity contribution in [3.05, 3.63) is 34.6 Å². The fourth-order valence-electron chi connectivity index (χ4n) is 2.00. The lowest BCUT2D eigenvalue weighted by molar-refractivity contribution is -0.123. The molecule has 0 fully saturated rings. The molecular weight excluding hydrogens is 358 g/mol. The summed E-state index contributed by atoms with van der Waals surface area (Å²) in [6.07, 6.45) is 0.174. The summed E-state index contributed by atoms with van der Waals surface area (Å²) in [6, 6.07) is 3.81. The van der Waals surface area contributed by atoms with Crippen LogP contribution in [0, 0.1) is 5.82 Å². The Morgan fingerprint density at radius 3 is 2.50 bits per heavy atom. The van der Waals surface area contributed by atoms with Gasteiger partial charge in [0.1, 0.15) is 11.4 Å². The first-order valence-corrected chi connectivity index (χ1v) is 8.35. The molecule has 24 heavy (non-hydrogen) atoms. The van der Waals surface area contributed by atoms with Gasteiger partial charge < -0.3 is 4.74 Å². The van der Waals surface area contributed by atoms with Crippen molar-refractivity contribution in [3.63, 3.8) is 0 Å². The molecule has 1 rings (SSSR count). The number of benzene rings is 1. The maximum Gasteiger partial charge on any atom is 0.426 e. The number of nitrogens with one attached hydrogen (secondary N) is 2. The minimum Gasteiger partial charge on any atom is -0.443 e. The third-order valence-electron chi connectivity index (χ3n) is 2.97. The summed E-state index contributed by atoms with van der Waals surface area (Å²) in [7, 11) is 0. The highest BCUT2D eigenvalue weighted by Crippen LogP contribution is 2.29. The van der Waals surface area contributed by atoms with Crippen molar-refractivity contribution in [1.82, 2.24) is 10.9 Å². The van der Waals surface area contributed by atoms with Gasteiger partial charge >= 0.3 is 6.09 Å². The van der Waals surface area contributed by atoms with Crippen LogP contribution in [-0.2, 0) is 9.53 Å². The van der Waals surface area contributed by atoms with E-state index in [0.717, 1.165) is 6.07 Å². The molecule has 1 unspecified atom stereocenters. The zero-order chi connectivity index (χ0) is 18.3. The van der Waals surface area contributed by atoms with E-state index in [1.54, 1.807) is 20.8 Å². The van der Waals surface area contributed by atoms with Gasteiger partial charge in [0.25, 0.3) is 0 Å². The van der Waals surface area contributed by atoms with Gasteiger partial charge in [-0.15, -0.1) is 11.6 Å². The Labute approximate surface area is 150 Å². The third-order valence-corrected chi connectivity index (χ3v) is 3.56. The van der Waals surface area contributed by atoms with Crippen LogP contribution in [0.15, 0.2) is 18.2 Å². The third kappa shape index (κ3) is 6.93. The normalized spacial score (nSPS) is 12.4. The molecule has 0 saturated heterocycles. The molecule has 0 aliphatic carbocycles. The fraction of sp³-hybridized carbons (Fsp3) is 0.500. The lowest BCUT2D eigenvalue weighted by Gasteiger charge is -2.21. The van der Waals surface area contributed by atoms with E-state index in [4.69, 9.17) is 27.9 Å². The number of hydrogen-bond acceptors (Lipinski definition) is 3. The van der Waals surface area contributed by atoms with E-state index in [1.807, 2.05) is 0 Å². The summed E-state index contributed by atoms with van der Waals surface area (Å²) in [4.78, 5) is 24.0. The summed E-state index contributed by atoms with van der Waals surface area (Å²) in [5.74, 6) is -1.29. The molecule has 0 bridgehead atoms. The number of halogens is 3. The van der Waals surface area contributed by atoms with Crippen LogP contribution in [-0.4, -0.2) is 23.5 Å². The highest BCUT2D eigenvalue weighted by molar-refractivity contribution is 6.31. The van der Waals surface area contributed by atoms with Crippen LogP contribution >= 0.6 is 23.2 Å². The van der Waals surface area contributed by atoms with E-state index >= 15 is 0 Å². The minimum absolute atomic E-state index is 0.141. The van der Waals surface area contributed by atoms with Gasteiger partial charge in [0, 0.05) is 10.9 Å². The Morgan fingerprint density at radius 1 is 1.29 bits per heavy atom. The molecule has 0 aliphatic rings. The molecule has 0 saturated carbocycles. The topological polar surface area (TPSA) is 67.4 Å². The molecule has 1 atom stereocenters. The van der Waals surface area contributed by atoms with Crippen LogP contribution in [0.25, 0.3) is 0 Å². The Hall–Kier alpha value is -1.53. The van der Waals surface area contributed by atoms with E-state index in [-0.39, 0.29) is 5.02 Å². The van der Waals surface area contributed by atoms with Crippen molar-refractivity contribution in [2.24, 2.45) is 0 Å². The smallest absolute Gasteiger partial charge is 0.426 e. The second-order valence-corrected chi connectivity index (χ2v) is 6.95. The van der Waals surface area contributed by atoms with Gasteiger partial charge in [-0.3, -0.25) is 10.2 Å². The van der Waals surface area contributed by atoms with Crippen molar-refractivity contribution in [2.45, 2.75) is 45.1 Å². The first-order valence-electron chi connectivity index (χ1n) is 7.44. The zero-order valence-electron chi connectivity index (χ0n) is 13.8. The maximum absolute atomic E-state index is 13.2. The molecular formula is C16H21Cl2FN2O3. The van der Waals surface area contributed by atoms with Gasteiger partial charge in [0.2, 0.25) is 5.91 Å². The summed E-state index contributed by atoms with van der Waals surface area (Å²) < 4.78 is 18.2. The van der Waals surface area contributed by atoms with E-state index in [1.165, 1.54) is 12.1 Å². The molecule has 5 nitrogen and oxygen atoms in total. The van der Waals surface area contributed by atoms with Crippen LogP contribution in [0.2, 0.25) is 5.02 Å². The average molecular weight is 379 g/mol. The minimum atomic E-state index is -0.780. The van der Waals surface area contributed by atoms with Crippen LogP contribution in [0.3, 0.4) is 0 Å². The number of carbonyl (C=O) groups excluding carboxylic acids is 2. The predicted molar refractivity (Wildman–Crippen MR) is 91.6 cm³/mol. The van der Waals surface area contributed by atoms with Crippen LogP contribution < -0.4 is 10.9 Å². The first kappa shape index (κ1) is 20.5. The molecule has 0 heterocycles. The standard InChI is InChI=1S/C16H21Cl2FN2O3/c1-16(2,3)24-15(23)21-20-14(22)12(5-4-8-17)11-7-6-10(19)9-13(11)18/h6-7,9,12H,4-5,8H2,1-3H3,(H,20,22)(H,21,23). The van der Waals surface area contributed by atoms with E-state index in [9.17, 15) is 14.0 Å². The quantitative estimate of drug-likeness (QED) is 0.597. The summed E-state index contributed by atoms with van der Waals surface area (Å²) >= 11 is 11.7. The van der Waals surface area contributed by atoms with Gasteiger partial charge in [0.05, 0.1) is 5.92 Å². The fourth-order valence-corrected chi connectivity index (χ4v) is 2.45. The summed E-state index contributed by atoms with van der Waals surface area (Å²) in [5.41, 5.74) is 4.26. The van der Waals surface area contributed by atoms with Crippen molar-refractivity contribution >= 4 is 35.2 Å². The molecule has 134 valence electrons. The zero-order valence-corrected chi connectivity index (χ0v) is 15.3. The highest BCUT2D eigenvalue weighted by atomic mass is 35.5. The van der Waals surface area contributed by atoms with Gasteiger partial charge in [0.15, 0.2) is 0 Å². The maximum atomic E-state index is 13.2. The number of ether oxygens (including phenoxy) is 1. The highest BCUT2D eigenvalue weighted by Gasteiger charge is 2.24. The first-order chi connectivity index (χ1) is 11.1. The van der Waals surface area contributed by atoms with Crippen molar-refractivity contribution in [3.8, 4) is 0 Å². The van der Waals surface area contributed by atoms with E-state index < -0.39 is 29.3 Å². The number of amides is 2. The Bertz CT molecular complexity index is 591. The second kappa shape index (κ2) is 9.08. The summed E-state index contributed by atoms with van der Waals surface area (Å²) in [5, 5.41) is 0.141. The largest absolute Gasteiger partial charge is 0.443 e. The van der Waals surface area contributed by atoms with Crippen molar-refractivity contribution in [2.75, 3.05) is 5.88 Å². The van der Waals surface area contributed by atoms with Crippen LogP contribution in [0.4, 0.5) is 9.18 Å². The van der Waals surface area contributed by atoms with Gasteiger partial charge in [-0.1, -0.05) is 17.7 Å². The molecule has 0 radical (unpaired) electrons. The second-order valence-electron chi connectivity index (χ2n) is 6.17. The molecule has 8 heteroatoms. The number of alkyl halides is 1. The molecule has 0 aliphatic heterocycles. The summed E-state index contributed by atoms with van der Waals surface area (Å²) in [6.45, 7) is 5.11. The van der Waals surface area contributed by atoms with Gasteiger partial charge in [-0.2, -0.15) is 0 Å². The van der Waals surface area contributed by atoms with Crippen LogP contribution in [0.5, 0.6) is 0 Å². The molecule has 0 spiro atoms. The number of hydrogen-bond donors (Lipinski definition) is 2. The average Bonchev–Trinajstić information content (AvgIpc) is 2.45. The number of carbonyl (C=O) groups is 2. The van der Waals surface area contributed by atoms with Gasteiger partial charge in [-0.25, -0.2) is 14.6 Å². The van der Waals surface area contributed by atoms with Crippen LogP contribution in [0.1, 0.15) is 45.1 Å². The molecule has 2 N–H and O–H groups in total. The van der Waals surface area contributed by atoms with Crippen molar-refractivity contribution in [1.29, 1.82) is 0 Å². The monoisotopic (exact) mass is 378 g/mol. The van der Waals surface area contributed by atoms with Gasteiger partial charge in [-0.05, 0) is 51.3 Å². The Balaban J connectivity index is 2.80. The SMILES string of the molecule is CC(C)(C)OC(=O)NNC(=O)C(CCCCl)c1ccc(F)cc1Cl. The molecule has 1 aromatic carbocycles. The molecule has 1 aromatic rings.